The molecule has 0 bridgehead atoms. The lowest BCUT2D eigenvalue weighted by atomic mass is 10.1. The summed E-state index contributed by atoms with van der Waals surface area (Å²) in [5.74, 6) is 2.82. The minimum atomic E-state index is -0.164. The average molecular weight is 429 g/mol. The highest BCUT2D eigenvalue weighted by Gasteiger charge is 2.17. The first-order valence-corrected chi connectivity index (χ1v) is 9.90. The van der Waals surface area contributed by atoms with Crippen molar-refractivity contribution in [2.75, 3.05) is 20.3 Å². The molecule has 4 rings (SSSR count). The molecular formula is C21H21ClN4O4. The van der Waals surface area contributed by atoms with Gasteiger partial charge in [-0.15, -0.1) is 0 Å². The molecule has 0 saturated heterocycles. The van der Waals surface area contributed by atoms with Crippen LogP contribution in [0.15, 0.2) is 36.4 Å². The topological polar surface area (TPSA) is 98.4 Å². The second-order valence-corrected chi connectivity index (χ2v) is 7.15. The molecule has 0 aliphatic carbocycles. The Morgan fingerprint density at radius 2 is 2.03 bits per heavy atom. The molecule has 8 nitrogen and oxygen atoms in total. The fourth-order valence-electron chi connectivity index (χ4n) is 3.06. The number of nitrogens with zero attached hydrogens (tertiary/aromatic N) is 2. The van der Waals surface area contributed by atoms with Gasteiger partial charge in [0.15, 0.2) is 17.3 Å². The maximum atomic E-state index is 12.4. The fourth-order valence-corrected chi connectivity index (χ4v) is 3.35. The zero-order chi connectivity index (χ0) is 20.9. The molecule has 1 amide bonds. The molecule has 1 aromatic heterocycles. The number of benzene rings is 2. The van der Waals surface area contributed by atoms with Crippen LogP contribution in [0.25, 0.3) is 11.4 Å². The van der Waals surface area contributed by atoms with Crippen LogP contribution in [0.4, 0.5) is 0 Å². The number of ether oxygens (including phenoxy) is 3. The van der Waals surface area contributed by atoms with Gasteiger partial charge in [0.05, 0.1) is 38.3 Å². The van der Waals surface area contributed by atoms with Crippen LogP contribution in [0.3, 0.4) is 0 Å². The molecule has 1 aliphatic rings. The van der Waals surface area contributed by atoms with Crippen LogP contribution in [0.5, 0.6) is 17.2 Å². The molecule has 156 valence electrons. The van der Waals surface area contributed by atoms with E-state index < -0.39 is 0 Å². The van der Waals surface area contributed by atoms with E-state index in [-0.39, 0.29) is 18.9 Å². The number of halogens is 1. The summed E-state index contributed by atoms with van der Waals surface area (Å²) in [6, 6.07) is 10.9. The third kappa shape index (κ3) is 4.65. The lowest BCUT2D eigenvalue weighted by Gasteiger charge is -2.11. The number of carbonyl (C=O) groups excluding carboxylic acids is 1. The Bertz CT molecular complexity index is 1040. The number of hydrogen-bond donors (Lipinski definition) is 2. The molecule has 0 atom stereocenters. The van der Waals surface area contributed by atoms with Crippen LogP contribution in [-0.4, -0.2) is 41.4 Å². The second-order valence-electron chi connectivity index (χ2n) is 6.74. The number of aromatic nitrogens is 3. The van der Waals surface area contributed by atoms with E-state index in [0.29, 0.717) is 41.4 Å². The highest BCUT2D eigenvalue weighted by Crippen LogP contribution is 2.38. The molecule has 1 aliphatic heterocycles. The zero-order valence-corrected chi connectivity index (χ0v) is 17.2. The summed E-state index contributed by atoms with van der Waals surface area (Å²) in [5, 5.41) is 10.3. The van der Waals surface area contributed by atoms with Crippen molar-refractivity contribution in [2.24, 2.45) is 0 Å². The van der Waals surface area contributed by atoms with Crippen LogP contribution < -0.4 is 19.5 Å². The van der Waals surface area contributed by atoms with Crippen molar-refractivity contribution in [1.29, 1.82) is 0 Å². The van der Waals surface area contributed by atoms with Crippen molar-refractivity contribution >= 4 is 17.5 Å². The zero-order valence-electron chi connectivity index (χ0n) is 16.4. The predicted molar refractivity (Wildman–Crippen MR) is 111 cm³/mol. The summed E-state index contributed by atoms with van der Waals surface area (Å²) in [7, 11) is 1.61. The minimum absolute atomic E-state index is 0.163. The van der Waals surface area contributed by atoms with Crippen molar-refractivity contribution in [2.45, 2.75) is 19.4 Å². The van der Waals surface area contributed by atoms with Crippen LogP contribution >= 0.6 is 11.6 Å². The van der Waals surface area contributed by atoms with Gasteiger partial charge in [-0.2, -0.15) is 5.10 Å². The largest absolute Gasteiger partial charge is 0.497 e. The molecule has 2 heterocycles. The minimum Gasteiger partial charge on any atom is -0.497 e. The Morgan fingerprint density at radius 3 is 2.83 bits per heavy atom. The lowest BCUT2D eigenvalue weighted by Crippen LogP contribution is -2.25. The normalized spacial score (nSPS) is 12.9. The molecule has 2 N–H and O–H groups in total. The van der Waals surface area contributed by atoms with E-state index in [1.807, 2.05) is 24.3 Å². The molecule has 0 saturated carbocycles. The summed E-state index contributed by atoms with van der Waals surface area (Å²) in [4.78, 5) is 16.8. The van der Waals surface area contributed by atoms with Crippen LogP contribution in [-0.2, 0) is 17.8 Å². The van der Waals surface area contributed by atoms with Crippen molar-refractivity contribution in [1.82, 2.24) is 20.5 Å². The Labute approximate surface area is 178 Å². The van der Waals surface area contributed by atoms with E-state index in [1.165, 1.54) is 0 Å². The molecule has 30 heavy (non-hydrogen) atoms. The van der Waals surface area contributed by atoms with Gasteiger partial charge in [-0.1, -0.05) is 11.6 Å². The summed E-state index contributed by atoms with van der Waals surface area (Å²) >= 11 is 6.29. The number of fused-ring (bicyclic) bond motifs is 1. The first-order chi connectivity index (χ1) is 14.6. The first-order valence-electron chi connectivity index (χ1n) is 9.53. The third-order valence-electron chi connectivity index (χ3n) is 4.56. The molecule has 3 aromatic rings. The van der Waals surface area contributed by atoms with E-state index >= 15 is 0 Å². The Morgan fingerprint density at radius 1 is 1.23 bits per heavy atom. The molecule has 0 radical (unpaired) electrons. The number of aromatic amines is 1. The molecular weight excluding hydrogens is 408 g/mol. The van der Waals surface area contributed by atoms with Crippen molar-refractivity contribution < 1.29 is 19.0 Å². The lowest BCUT2D eigenvalue weighted by molar-refractivity contribution is -0.120. The van der Waals surface area contributed by atoms with Gasteiger partial charge in [-0.25, -0.2) is 4.98 Å². The number of carbonyl (C=O) groups is 1. The monoisotopic (exact) mass is 428 g/mol. The summed E-state index contributed by atoms with van der Waals surface area (Å²) < 4.78 is 16.4. The van der Waals surface area contributed by atoms with Gasteiger partial charge in [0, 0.05) is 12.0 Å². The molecule has 0 fully saturated rings. The smallest absolute Gasteiger partial charge is 0.224 e. The highest BCUT2D eigenvalue weighted by atomic mass is 35.5. The van der Waals surface area contributed by atoms with Gasteiger partial charge in [0.25, 0.3) is 0 Å². The Hall–Kier alpha value is -3.26. The summed E-state index contributed by atoms with van der Waals surface area (Å²) in [6.45, 7) is 1.35. The quantitative estimate of drug-likeness (QED) is 0.625. The van der Waals surface area contributed by atoms with E-state index in [4.69, 9.17) is 25.8 Å². The van der Waals surface area contributed by atoms with Crippen molar-refractivity contribution in [3.63, 3.8) is 0 Å². The number of rotatable bonds is 6. The van der Waals surface area contributed by atoms with E-state index in [2.05, 4.69) is 20.5 Å². The molecule has 9 heteroatoms. The van der Waals surface area contributed by atoms with Gasteiger partial charge < -0.3 is 19.5 Å². The highest BCUT2D eigenvalue weighted by molar-refractivity contribution is 6.32. The number of methoxy groups -OCH3 is 1. The van der Waals surface area contributed by atoms with Crippen LogP contribution in [0.2, 0.25) is 5.02 Å². The number of H-pyrrole nitrogens is 1. The molecule has 0 unspecified atom stereocenters. The fraction of sp³-hybridized carbons (Fsp3) is 0.286. The third-order valence-corrected chi connectivity index (χ3v) is 4.84. The van der Waals surface area contributed by atoms with Crippen LogP contribution in [0, 0.1) is 0 Å². The SMILES string of the molecule is COc1ccc(-c2n[nH]c(CNC(=O)Cc3cc(Cl)c4c(c3)OCCCO4)n2)cc1. The number of nitrogens with one attached hydrogen (secondary N) is 2. The van der Waals surface area contributed by atoms with Gasteiger partial charge in [0.2, 0.25) is 5.91 Å². The predicted octanol–water partition coefficient (Wildman–Crippen LogP) is 3.15. The van der Waals surface area contributed by atoms with Gasteiger partial charge in [-0.05, 0) is 42.0 Å². The number of hydrogen-bond acceptors (Lipinski definition) is 6. The Kier molecular flexibility index (Phi) is 6.04. The summed E-state index contributed by atoms with van der Waals surface area (Å²) in [5.41, 5.74) is 1.60. The maximum Gasteiger partial charge on any atom is 0.224 e. The standard InChI is InChI=1S/C21H21ClN4O4/c1-28-15-5-3-14(4-6-15)21-24-18(25-26-21)12-23-19(27)11-13-9-16(22)20-17(10-13)29-7-2-8-30-20/h3-6,9-10H,2,7-8,11-12H2,1H3,(H,23,27)(H,24,25,26). The average Bonchev–Trinajstić information content (AvgIpc) is 3.10. The van der Waals surface area contributed by atoms with Gasteiger partial charge in [0.1, 0.15) is 11.6 Å². The van der Waals surface area contributed by atoms with E-state index in [0.717, 1.165) is 23.3 Å². The number of amides is 1. The van der Waals surface area contributed by atoms with Crippen molar-refractivity contribution in [3.8, 4) is 28.6 Å². The maximum absolute atomic E-state index is 12.4. The Balaban J connectivity index is 1.36. The van der Waals surface area contributed by atoms with Gasteiger partial charge in [-0.3, -0.25) is 9.89 Å². The molecule has 2 aromatic carbocycles. The first kappa shape index (κ1) is 20.0. The van der Waals surface area contributed by atoms with Crippen molar-refractivity contribution in [3.05, 3.63) is 52.8 Å². The second kappa shape index (κ2) is 9.04. The van der Waals surface area contributed by atoms with E-state index in [1.54, 1.807) is 19.2 Å². The van der Waals surface area contributed by atoms with E-state index in [9.17, 15) is 4.79 Å². The summed E-state index contributed by atoms with van der Waals surface area (Å²) in [6.07, 6.45) is 0.951. The molecule has 0 spiro atoms. The van der Waals surface area contributed by atoms with Gasteiger partial charge >= 0.3 is 0 Å². The van der Waals surface area contributed by atoms with Crippen LogP contribution in [0.1, 0.15) is 17.8 Å².